The first kappa shape index (κ1) is 16.5. The van der Waals surface area contributed by atoms with Crippen LogP contribution < -0.4 is 5.73 Å². The van der Waals surface area contributed by atoms with Gasteiger partial charge in [0.2, 0.25) is 0 Å². The fourth-order valence-corrected chi connectivity index (χ4v) is 3.63. The van der Waals surface area contributed by atoms with Crippen LogP contribution in [0.15, 0.2) is 36.7 Å². The highest BCUT2D eigenvalue weighted by atomic mass is 19.1. The highest BCUT2D eigenvalue weighted by molar-refractivity contribution is 5.94. The molecule has 7 heteroatoms. The highest BCUT2D eigenvalue weighted by Crippen LogP contribution is 2.34. The Bertz CT molecular complexity index is 977. The normalized spacial score (nSPS) is 15.5. The fraction of sp³-hybridized carbons (Fsp3) is 0.263. The Balaban J connectivity index is 1.52. The molecule has 0 bridgehead atoms. The van der Waals surface area contributed by atoms with E-state index in [9.17, 15) is 13.6 Å². The van der Waals surface area contributed by atoms with Crippen LogP contribution in [0.4, 0.5) is 14.5 Å². The van der Waals surface area contributed by atoms with Crippen molar-refractivity contribution in [3.05, 3.63) is 59.4 Å². The maximum atomic E-state index is 14.4. The van der Waals surface area contributed by atoms with Crippen molar-refractivity contribution in [1.82, 2.24) is 14.9 Å². The number of nitrogens with one attached hydrogen (secondary N) is 1. The van der Waals surface area contributed by atoms with E-state index >= 15 is 0 Å². The number of carbonyl (C=O) groups is 1. The number of likely N-dealkylation sites (tertiary alicyclic amines) is 1. The summed E-state index contributed by atoms with van der Waals surface area (Å²) >= 11 is 0. The van der Waals surface area contributed by atoms with Crippen molar-refractivity contribution < 1.29 is 13.6 Å². The standard InChI is InChI=1S/C19H18F2N4O/c20-14-9-12(1-2-16(14)22)19(26)25-7-4-11(5-8-25)17-13-3-6-23-18(13)24-10-15(17)21/h1-3,6,9-11H,4-5,7-8,22H2,(H,23,24). The smallest absolute Gasteiger partial charge is 0.253 e. The van der Waals surface area contributed by atoms with E-state index in [1.165, 1.54) is 18.3 Å². The minimum atomic E-state index is -0.598. The van der Waals surface area contributed by atoms with Crippen LogP contribution in [0.3, 0.4) is 0 Å². The predicted molar refractivity (Wildman–Crippen MR) is 94.7 cm³/mol. The number of nitrogen functional groups attached to an aromatic ring is 1. The average molecular weight is 356 g/mol. The van der Waals surface area contributed by atoms with E-state index in [-0.39, 0.29) is 28.9 Å². The van der Waals surface area contributed by atoms with Crippen LogP contribution in [0.5, 0.6) is 0 Å². The average Bonchev–Trinajstić information content (AvgIpc) is 3.12. The lowest BCUT2D eigenvalue weighted by molar-refractivity contribution is 0.0712. The summed E-state index contributed by atoms with van der Waals surface area (Å²) < 4.78 is 28.0. The van der Waals surface area contributed by atoms with Gasteiger partial charge in [0.25, 0.3) is 5.91 Å². The van der Waals surface area contributed by atoms with Gasteiger partial charge in [-0.1, -0.05) is 0 Å². The maximum Gasteiger partial charge on any atom is 0.253 e. The maximum absolute atomic E-state index is 14.4. The number of hydrogen-bond acceptors (Lipinski definition) is 3. The Kier molecular flexibility index (Phi) is 4.06. The fourth-order valence-electron chi connectivity index (χ4n) is 3.63. The van der Waals surface area contributed by atoms with Crippen LogP contribution in [0.1, 0.15) is 34.7 Å². The Morgan fingerprint density at radius 3 is 2.69 bits per heavy atom. The molecular weight excluding hydrogens is 338 g/mol. The van der Waals surface area contributed by atoms with E-state index in [0.29, 0.717) is 37.1 Å². The summed E-state index contributed by atoms with van der Waals surface area (Å²) in [4.78, 5) is 21.3. The molecular formula is C19H18F2N4O. The van der Waals surface area contributed by atoms with Crippen LogP contribution in [-0.2, 0) is 0 Å². The quantitative estimate of drug-likeness (QED) is 0.691. The number of nitrogens with two attached hydrogens (primary N) is 1. The van der Waals surface area contributed by atoms with E-state index < -0.39 is 5.82 Å². The zero-order valence-electron chi connectivity index (χ0n) is 14.0. The Morgan fingerprint density at radius 1 is 1.19 bits per heavy atom. The second kappa shape index (κ2) is 6.40. The molecule has 1 aromatic carbocycles. The van der Waals surface area contributed by atoms with Gasteiger partial charge in [-0.2, -0.15) is 0 Å². The van der Waals surface area contributed by atoms with Crippen LogP contribution in [0.25, 0.3) is 11.0 Å². The van der Waals surface area contributed by atoms with Crippen molar-refractivity contribution >= 4 is 22.6 Å². The third-order valence-corrected chi connectivity index (χ3v) is 5.02. The van der Waals surface area contributed by atoms with Gasteiger partial charge in [0, 0.05) is 35.8 Å². The number of rotatable bonds is 2. The molecule has 134 valence electrons. The molecule has 2 aromatic heterocycles. The molecule has 1 aliphatic rings. The number of piperidine rings is 1. The van der Waals surface area contributed by atoms with Crippen LogP contribution in [-0.4, -0.2) is 33.9 Å². The largest absolute Gasteiger partial charge is 0.396 e. The lowest BCUT2D eigenvalue weighted by Crippen LogP contribution is -2.38. The summed E-state index contributed by atoms with van der Waals surface area (Å²) in [5, 5.41) is 0.787. The molecule has 1 amide bonds. The number of nitrogens with zero attached hydrogens (tertiary/aromatic N) is 2. The van der Waals surface area contributed by atoms with Crippen LogP contribution in [0, 0.1) is 11.6 Å². The molecule has 3 aromatic rings. The first-order valence-corrected chi connectivity index (χ1v) is 8.50. The van der Waals surface area contributed by atoms with E-state index in [1.807, 2.05) is 6.07 Å². The lowest BCUT2D eigenvalue weighted by Gasteiger charge is -2.32. The monoisotopic (exact) mass is 356 g/mol. The number of aromatic amines is 1. The predicted octanol–water partition coefficient (Wildman–Crippen LogP) is 3.44. The minimum Gasteiger partial charge on any atom is -0.396 e. The Morgan fingerprint density at radius 2 is 1.96 bits per heavy atom. The van der Waals surface area contributed by atoms with E-state index in [4.69, 9.17) is 5.73 Å². The molecule has 0 radical (unpaired) electrons. The van der Waals surface area contributed by atoms with Crippen molar-refractivity contribution in [2.24, 2.45) is 0 Å². The summed E-state index contributed by atoms with van der Waals surface area (Å²) in [7, 11) is 0. The number of fused-ring (bicyclic) bond motifs is 1. The van der Waals surface area contributed by atoms with Gasteiger partial charge in [0.05, 0.1) is 11.9 Å². The summed E-state index contributed by atoms with van der Waals surface area (Å²) in [6.07, 6.45) is 4.27. The molecule has 26 heavy (non-hydrogen) atoms. The van der Waals surface area contributed by atoms with Gasteiger partial charge in [-0.3, -0.25) is 4.79 Å². The topological polar surface area (TPSA) is 75.0 Å². The molecule has 1 saturated heterocycles. The molecule has 5 nitrogen and oxygen atoms in total. The minimum absolute atomic E-state index is 0.0171. The number of halogens is 2. The van der Waals surface area contributed by atoms with Crippen molar-refractivity contribution in [2.75, 3.05) is 18.8 Å². The highest BCUT2D eigenvalue weighted by Gasteiger charge is 2.28. The number of hydrogen-bond donors (Lipinski definition) is 2. The number of carbonyl (C=O) groups excluding carboxylic acids is 1. The zero-order valence-corrected chi connectivity index (χ0v) is 14.0. The molecule has 0 saturated carbocycles. The molecule has 1 aliphatic heterocycles. The summed E-state index contributed by atoms with van der Waals surface area (Å²) in [6.45, 7) is 0.979. The first-order chi connectivity index (χ1) is 12.5. The molecule has 1 fully saturated rings. The third-order valence-electron chi connectivity index (χ3n) is 5.02. The van der Waals surface area contributed by atoms with Crippen LogP contribution in [0.2, 0.25) is 0 Å². The van der Waals surface area contributed by atoms with E-state index in [2.05, 4.69) is 9.97 Å². The van der Waals surface area contributed by atoms with E-state index in [1.54, 1.807) is 11.1 Å². The summed E-state index contributed by atoms with van der Waals surface area (Å²) in [6, 6.07) is 5.91. The van der Waals surface area contributed by atoms with Crippen LogP contribution >= 0.6 is 0 Å². The van der Waals surface area contributed by atoms with Crippen molar-refractivity contribution in [1.29, 1.82) is 0 Å². The summed E-state index contributed by atoms with van der Waals surface area (Å²) in [5.41, 5.74) is 7.07. The van der Waals surface area contributed by atoms with Gasteiger partial charge in [-0.25, -0.2) is 13.8 Å². The van der Waals surface area contributed by atoms with Gasteiger partial charge in [0.15, 0.2) is 0 Å². The lowest BCUT2D eigenvalue weighted by atomic mass is 9.87. The van der Waals surface area contributed by atoms with Crippen molar-refractivity contribution in [3.8, 4) is 0 Å². The summed E-state index contributed by atoms with van der Waals surface area (Å²) in [5.74, 6) is -1.13. The second-order valence-electron chi connectivity index (χ2n) is 6.56. The number of aromatic nitrogens is 2. The van der Waals surface area contributed by atoms with Crippen molar-refractivity contribution in [3.63, 3.8) is 0 Å². The number of amides is 1. The number of benzene rings is 1. The van der Waals surface area contributed by atoms with E-state index in [0.717, 1.165) is 11.5 Å². The Hall–Kier alpha value is -2.96. The number of H-pyrrole nitrogens is 1. The first-order valence-electron chi connectivity index (χ1n) is 8.50. The van der Waals surface area contributed by atoms with Gasteiger partial charge in [-0.15, -0.1) is 0 Å². The van der Waals surface area contributed by atoms with Gasteiger partial charge in [0.1, 0.15) is 17.3 Å². The van der Waals surface area contributed by atoms with Gasteiger partial charge in [-0.05, 0) is 43.0 Å². The number of anilines is 1. The second-order valence-corrected chi connectivity index (χ2v) is 6.56. The molecule has 0 unspecified atom stereocenters. The van der Waals surface area contributed by atoms with Crippen molar-refractivity contribution in [2.45, 2.75) is 18.8 Å². The third kappa shape index (κ3) is 2.79. The van der Waals surface area contributed by atoms with Gasteiger partial charge < -0.3 is 15.6 Å². The molecule has 0 atom stereocenters. The molecule has 3 heterocycles. The number of pyridine rings is 1. The SMILES string of the molecule is Nc1ccc(C(=O)N2CCC(c3c(F)cnc4[nH]ccc34)CC2)cc1F. The molecule has 3 N–H and O–H groups in total. The Labute approximate surface area is 148 Å². The zero-order chi connectivity index (χ0) is 18.3. The molecule has 4 rings (SSSR count). The molecule has 0 aliphatic carbocycles. The molecule has 0 spiro atoms. The van der Waals surface area contributed by atoms with Gasteiger partial charge >= 0.3 is 0 Å².